The number of nitrogens with two attached hydrogens (primary N) is 1. The molecule has 40 heavy (non-hydrogen) atoms. The molecule has 1 unspecified atom stereocenters. The first-order chi connectivity index (χ1) is 19.0. The van der Waals surface area contributed by atoms with Gasteiger partial charge in [-0.25, -0.2) is 0 Å². The number of benzene rings is 2. The number of anilines is 1. The predicted octanol–water partition coefficient (Wildman–Crippen LogP) is 3.12. The molecular formula is C29H36F3N5O3. The summed E-state index contributed by atoms with van der Waals surface area (Å²) in [4.78, 5) is 31.6. The lowest BCUT2D eigenvalue weighted by Gasteiger charge is -2.42. The quantitative estimate of drug-likeness (QED) is 0.542. The van der Waals surface area contributed by atoms with E-state index in [0.717, 1.165) is 30.3 Å². The molecule has 11 heteroatoms. The number of nitrogens with zero attached hydrogens (tertiary/aromatic N) is 3. The Balaban J connectivity index is 1.32. The van der Waals surface area contributed by atoms with Crippen LogP contribution in [0.1, 0.15) is 45.5 Å². The second-order valence-corrected chi connectivity index (χ2v) is 11.3. The third-order valence-electron chi connectivity index (χ3n) is 8.28. The molecule has 0 bridgehead atoms. The number of alkyl halides is 3. The van der Waals surface area contributed by atoms with Gasteiger partial charge in [-0.1, -0.05) is 19.1 Å². The van der Waals surface area contributed by atoms with Crippen LogP contribution in [0.5, 0.6) is 0 Å². The fraction of sp³-hybridized carbons (Fsp3) is 0.517. The highest BCUT2D eigenvalue weighted by Crippen LogP contribution is 2.36. The van der Waals surface area contributed by atoms with Crippen molar-refractivity contribution < 1.29 is 27.5 Å². The molecular weight excluding hydrogens is 523 g/mol. The van der Waals surface area contributed by atoms with Crippen molar-refractivity contribution in [2.75, 3.05) is 58.3 Å². The van der Waals surface area contributed by atoms with Gasteiger partial charge in [0.15, 0.2) is 0 Å². The monoisotopic (exact) mass is 559 g/mol. The highest BCUT2D eigenvalue weighted by molar-refractivity contribution is 6.04. The molecule has 0 spiro atoms. The third-order valence-corrected chi connectivity index (χ3v) is 8.28. The van der Waals surface area contributed by atoms with Crippen LogP contribution in [0.2, 0.25) is 0 Å². The van der Waals surface area contributed by atoms with Gasteiger partial charge >= 0.3 is 6.18 Å². The zero-order chi connectivity index (χ0) is 28.6. The molecule has 2 saturated heterocycles. The Morgan fingerprint density at radius 1 is 1.10 bits per heavy atom. The highest BCUT2D eigenvalue weighted by Gasteiger charge is 2.39. The van der Waals surface area contributed by atoms with Crippen LogP contribution in [-0.4, -0.2) is 85.5 Å². The number of carbonyl (C=O) groups excluding carboxylic acids is 2. The third kappa shape index (κ3) is 6.17. The van der Waals surface area contributed by atoms with Crippen molar-refractivity contribution >= 4 is 17.5 Å². The number of ether oxygens (including phenoxy) is 1. The number of piperazine rings is 1. The maximum absolute atomic E-state index is 14.0. The molecule has 3 heterocycles. The van der Waals surface area contributed by atoms with Crippen LogP contribution < -0.4 is 11.1 Å². The van der Waals surface area contributed by atoms with Crippen molar-refractivity contribution in [3.8, 4) is 0 Å². The van der Waals surface area contributed by atoms with E-state index in [-0.39, 0.29) is 29.6 Å². The van der Waals surface area contributed by atoms with E-state index < -0.39 is 29.6 Å². The summed E-state index contributed by atoms with van der Waals surface area (Å²) in [5, 5.41) is 2.65. The number of likely N-dealkylation sites (N-methyl/N-ethyl adjacent to an activating group) is 1. The molecule has 3 N–H and O–H groups in total. The Labute approximate surface area is 232 Å². The van der Waals surface area contributed by atoms with Gasteiger partial charge < -0.3 is 20.7 Å². The van der Waals surface area contributed by atoms with E-state index in [1.807, 2.05) is 22.9 Å². The minimum Gasteiger partial charge on any atom is -0.381 e. The largest absolute Gasteiger partial charge is 0.416 e. The lowest BCUT2D eigenvalue weighted by Crippen LogP contribution is -2.56. The summed E-state index contributed by atoms with van der Waals surface area (Å²) >= 11 is 0. The summed E-state index contributed by atoms with van der Waals surface area (Å²) in [6.45, 7) is 7.37. The number of fused-ring (bicyclic) bond motifs is 1. The predicted molar refractivity (Wildman–Crippen MR) is 145 cm³/mol. The van der Waals surface area contributed by atoms with Gasteiger partial charge in [0.1, 0.15) is 0 Å². The molecule has 2 aromatic rings. The fourth-order valence-electron chi connectivity index (χ4n) is 5.96. The van der Waals surface area contributed by atoms with Gasteiger partial charge in [-0.2, -0.15) is 13.2 Å². The van der Waals surface area contributed by atoms with Crippen LogP contribution in [0.4, 0.5) is 18.9 Å². The molecule has 5 rings (SSSR count). The second kappa shape index (κ2) is 11.5. The van der Waals surface area contributed by atoms with Crippen molar-refractivity contribution in [2.45, 2.75) is 38.1 Å². The van der Waals surface area contributed by atoms with Gasteiger partial charge in [-0.3, -0.25) is 19.4 Å². The van der Waals surface area contributed by atoms with Crippen LogP contribution in [0, 0.1) is 5.92 Å². The Morgan fingerprint density at radius 3 is 2.45 bits per heavy atom. The first kappa shape index (κ1) is 28.5. The molecule has 2 aromatic carbocycles. The second-order valence-electron chi connectivity index (χ2n) is 11.3. The normalized spacial score (nSPS) is 21.9. The first-order valence-corrected chi connectivity index (χ1v) is 13.7. The van der Waals surface area contributed by atoms with E-state index in [9.17, 15) is 22.8 Å². The van der Waals surface area contributed by atoms with E-state index in [1.165, 1.54) is 12.1 Å². The van der Waals surface area contributed by atoms with E-state index in [4.69, 9.17) is 10.5 Å². The van der Waals surface area contributed by atoms with Crippen LogP contribution in [0.15, 0.2) is 36.4 Å². The molecule has 2 fully saturated rings. The summed E-state index contributed by atoms with van der Waals surface area (Å²) in [6, 6.07) is 8.89. The van der Waals surface area contributed by atoms with Crippen molar-refractivity contribution in [2.24, 2.45) is 11.7 Å². The lowest BCUT2D eigenvalue weighted by molar-refractivity contribution is -0.138. The maximum atomic E-state index is 14.0. The van der Waals surface area contributed by atoms with Crippen LogP contribution in [0.3, 0.4) is 0 Å². The smallest absolute Gasteiger partial charge is 0.381 e. The molecule has 0 saturated carbocycles. The number of carbonyl (C=O) groups is 2. The molecule has 0 aromatic heterocycles. The van der Waals surface area contributed by atoms with Gasteiger partial charge in [0.05, 0.1) is 24.8 Å². The van der Waals surface area contributed by atoms with Gasteiger partial charge in [0, 0.05) is 63.0 Å². The Kier molecular flexibility index (Phi) is 8.19. The topological polar surface area (TPSA) is 91.1 Å². The Hall–Kier alpha value is -2.99. The molecule has 8 nitrogen and oxygen atoms in total. The van der Waals surface area contributed by atoms with Crippen molar-refractivity contribution in [3.05, 3.63) is 64.2 Å². The van der Waals surface area contributed by atoms with Gasteiger partial charge in [-0.15, -0.1) is 0 Å². The van der Waals surface area contributed by atoms with E-state index in [1.54, 1.807) is 12.1 Å². The van der Waals surface area contributed by atoms with Crippen LogP contribution >= 0.6 is 0 Å². The van der Waals surface area contributed by atoms with E-state index >= 15 is 0 Å². The first-order valence-electron chi connectivity index (χ1n) is 13.7. The molecule has 2 amide bonds. The molecule has 2 atom stereocenters. The van der Waals surface area contributed by atoms with Crippen LogP contribution in [0.25, 0.3) is 0 Å². The minimum atomic E-state index is -4.55. The summed E-state index contributed by atoms with van der Waals surface area (Å²) < 4.78 is 47.2. The number of amides is 2. The summed E-state index contributed by atoms with van der Waals surface area (Å²) in [7, 11) is 2.00. The average Bonchev–Trinajstić information content (AvgIpc) is 2.87. The Morgan fingerprint density at radius 2 is 1.82 bits per heavy atom. The van der Waals surface area contributed by atoms with Crippen molar-refractivity contribution in [1.82, 2.24) is 14.7 Å². The molecule has 0 aliphatic carbocycles. The number of halogens is 3. The standard InChI is InChI=1S/C29H36F3N5O3/c1-18-13-37(26(27(33)38)22-16-40-17-22)15-21-11-19(4-6-24(18)21)28(39)34-23-5-3-20(25(12-23)29(30,31)32)14-36-9-7-35(2)8-10-36/h3-6,11-12,18,22,26H,7-10,13-17H2,1-2H3,(H2,33,38)(H,34,39)/t18-,26?/m0/s1. The minimum absolute atomic E-state index is 0.0415. The van der Waals surface area contributed by atoms with Gasteiger partial charge in [0.2, 0.25) is 5.91 Å². The van der Waals surface area contributed by atoms with Crippen molar-refractivity contribution in [3.63, 3.8) is 0 Å². The van der Waals surface area contributed by atoms with E-state index in [0.29, 0.717) is 45.0 Å². The zero-order valence-corrected chi connectivity index (χ0v) is 22.8. The maximum Gasteiger partial charge on any atom is 0.416 e. The number of primary amides is 1. The highest BCUT2D eigenvalue weighted by atomic mass is 19.4. The number of nitrogens with one attached hydrogen (secondary N) is 1. The summed E-state index contributed by atoms with van der Waals surface area (Å²) in [5.41, 5.74) is 7.59. The van der Waals surface area contributed by atoms with Crippen LogP contribution in [-0.2, 0) is 28.8 Å². The fourth-order valence-corrected chi connectivity index (χ4v) is 5.96. The average molecular weight is 560 g/mol. The Bertz CT molecular complexity index is 1260. The number of rotatable bonds is 7. The molecule has 216 valence electrons. The van der Waals surface area contributed by atoms with Gasteiger partial charge in [-0.05, 0) is 53.9 Å². The molecule has 0 radical (unpaired) electrons. The molecule has 3 aliphatic heterocycles. The SMILES string of the molecule is C[C@H]1CN(C(C(N)=O)C2COC2)Cc2cc(C(=O)Nc3ccc(CN4CCN(C)CC4)c(C(F)(F)F)c3)ccc21. The molecule has 3 aliphatic rings. The number of hydrogen-bond donors (Lipinski definition) is 2. The lowest BCUT2D eigenvalue weighted by atomic mass is 9.86. The van der Waals surface area contributed by atoms with E-state index in [2.05, 4.69) is 17.1 Å². The zero-order valence-electron chi connectivity index (χ0n) is 22.8. The van der Waals surface area contributed by atoms with Crippen molar-refractivity contribution in [1.29, 1.82) is 0 Å². The van der Waals surface area contributed by atoms with Gasteiger partial charge in [0.25, 0.3) is 5.91 Å². The summed E-state index contributed by atoms with van der Waals surface area (Å²) in [5.74, 6) is -0.730. The number of hydrogen-bond acceptors (Lipinski definition) is 6. The summed E-state index contributed by atoms with van der Waals surface area (Å²) in [6.07, 6.45) is -4.55.